The molecule has 2 aromatic rings. The average molecular weight is 257 g/mol. The third-order valence-electron chi connectivity index (χ3n) is 3.48. The van der Waals surface area contributed by atoms with Crippen LogP contribution in [0.1, 0.15) is 21.6 Å². The van der Waals surface area contributed by atoms with E-state index in [2.05, 4.69) is 29.2 Å². The molecule has 1 N–H and O–H groups in total. The predicted molar refractivity (Wildman–Crippen MR) is 70.8 cm³/mol. The van der Waals surface area contributed by atoms with Crippen LogP contribution in [0.15, 0.2) is 24.3 Å². The Morgan fingerprint density at radius 2 is 1.95 bits per heavy atom. The van der Waals surface area contributed by atoms with Gasteiger partial charge in [-0.05, 0) is 30.3 Å². The van der Waals surface area contributed by atoms with E-state index in [1.807, 2.05) is 6.07 Å². The summed E-state index contributed by atoms with van der Waals surface area (Å²) < 4.78 is 1.61. The van der Waals surface area contributed by atoms with Crippen LogP contribution < -0.4 is 0 Å². The summed E-state index contributed by atoms with van der Waals surface area (Å²) in [4.78, 5) is 13.2. The fraction of sp³-hybridized carbons (Fsp3) is 0.286. The number of hydrogen-bond acceptors (Lipinski definition) is 3. The lowest BCUT2D eigenvalue weighted by Gasteiger charge is -2.04. The molecule has 19 heavy (non-hydrogen) atoms. The Labute approximate surface area is 111 Å². The lowest BCUT2D eigenvalue weighted by molar-refractivity contribution is 0.0689. The first kappa shape index (κ1) is 11.9. The van der Waals surface area contributed by atoms with Crippen LogP contribution >= 0.6 is 0 Å². The standard InChI is InChI=1S/C14H15N3O2/c1-16-7-10-4-3-9(5-11(10)8-16)13-6-12(14(18)19)15-17(13)2/h3-6H,7-8H2,1-2H3,(H,18,19). The van der Waals surface area contributed by atoms with Crippen molar-refractivity contribution in [3.05, 3.63) is 41.1 Å². The smallest absolute Gasteiger partial charge is 0.356 e. The highest BCUT2D eigenvalue weighted by Crippen LogP contribution is 2.27. The van der Waals surface area contributed by atoms with Gasteiger partial charge in [-0.1, -0.05) is 12.1 Å². The minimum atomic E-state index is -0.997. The number of nitrogens with zero attached hydrogens (tertiary/aromatic N) is 3. The quantitative estimate of drug-likeness (QED) is 0.890. The van der Waals surface area contributed by atoms with Gasteiger partial charge in [0.25, 0.3) is 0 Å². The van der Waals surface area contributed by atoms with Gasteiger partial charge in [-0.25, -0.2) is 4.79 Å². The Morgan fingerprint density at radius 1 is 1.21 bits per heavy atom. The van der Waals surface area contributed by atoms with Crippen molar-refractivity contribution >= 4 is 5.97 Å². The van der Waals surface area contributed by atoms with Crippen LogP contribution in [0.3, 0.4) is 0 Å². The molecule has 3 rings (SSSR count). The van der Waals surface area contributed by atoms with E-state index in [1.165, 1.54) is 11.1 Å². The monoisotopic (exact) mass is 257 g/mol. The molecule has 1 aliphatic heterocycles. The molecular formula is C14H15N3O2. The zero-order valence-corrected chi connectivity index (χ0v) is 10.9. The fourth-order valence-electron chi connectivity index (χ4n) is 2.57. The van der Waals surface area contributed by atoms with Gasteiger partial charge in [0.1, 0.15) is 0 Å². The second kappa shape index (κ2) is 4.20. The molecule has 98 valence electrons. The summed E-state index contributed by atoms with van der Waals surface area (Å²) in [5, 5.41) is 13.0. The number of carboxylic acid groups (broad SMARTS) is 1. The third-order valence-corrected chi connectivity index (χ3v) is 3.48. The normalized spacial score (nSPS) is 14.6. The van der Waals surface area contributed by atoms with E-state index < -0.39 is 5.97 Å². The van der Waals surface area contributed by atoms with Crippen molar-refractivity contribution in [3.8, 4) is 11.3 Å². The number of carboxylic acids is 1. The molecule has 1 aromatic heterocycles. The minimum Gasteiger partial charge on any atom is -0.476 e. The number of aryl methyl sites for hydroxylation is 1. The molecule has 1 aromatic carbocycles. The zero-order valence-electron chi connectivity index (χ0n) is 10.9. The molecule has 5 nitrogen and oxygen atoms in total. The molecule has 0 saturated heterocycles. The molecule has 0 radical (unpaired) electrons. The zero-order chi connectivity index (χ0) is 13.6. The number of fused-ring (bicyclic) bond motifs is 1. The van der Waals surface area contributed by atoms with Gasteiger partial charge in [0.2, 0.25) is 0 Å². The van der Waals surface area contributed by atoms with Gasteiger partial charge in [0.15, 0.2) is 5.69 Å². The molecule has 0 atom stereocenters. The summed E-state index contributed by atoms with van der Waals surface area (Å²) in [5.41, 5.74) is 4.56. The topological polar surface area (TPSA) is 58.4 Å². The summed E-state index contributed by atoms with van der Waals surface area (Å²) in [6.45, 7) is 1.91. The number of hydrogen-bond donors (Lipinski definition) is 1. The molecule has 5 heteroatoms. The maximum absolute atomic E-state index is 10.9. The highest BCUT2D eigenvalue weighted by Gasteiger charge is 2.18. The first-order chi connectivity index (χ1) is 9.04. The molecule has 1 aliphatic rings. The molecule has 0 unspecified atom stereocenters. The third kappa shape index (κ3) is 2.02. The van der Waals surface area contributed by atoms with Gasteiger partial charge in [0, 0.05) is 25.7 Å². The second-order valence-electron chi connectivity index (χ2n) is 5.00. The van der Waals surface area contributed by atoms with Crippen molar-refractivity contribution in [2.24, 2.45) is 7.05 Å². The van der Waals surface area contributed by atoms with Crippen molar-refractivity contribution in [1.29, 1.82) is 0 Å². The van der Waals surface area contributed by atoms with Gasteiger partial charge in [0.05, 0.1) is 5.69 Å². The molecular weight excluding hydrogens is 242 g/mol. The summed E-state index contributed by atoms with van der Waals surface area (Å²) in [5.74, 6) is -0.997. The highest BCUT2D eigenvalue weighted by molar-refractivity contribution is 5.87. The van der Waals surface area contributed by atoms with Crippen LogP contribution in [0, 0.1) is 0 Å². The Hall–Kier alpha value is -2.14. The van der Waals surface area contributed by atoms with Crippen molar-refractivity contribution in [3.63, 3.8) is 0 Å². The SMILES string of the molecule is CN1Cc2ccc(-c3cc(C(=O)O)nn3C)cc2C1. The average Bonchev–Trinajstić information content (AvgIpc) is 2.90. The Bertz CT molecular complexity index is 661. The lowest BCUT2D eigenvalue weighted by Crippen LogP contribution is -2.07. The number of aromatic carboxylic acids is 1. The Morgan fingerprint density at radius 3 is 2.63 bits per heavy atom. The number of aromatic nitrogens is 2. The van der Waals surface area contributed by atoms with Gasteiger partial charge in [-0.2, -0.15) is 5.10 Å². The summed E-state index contributed by atoms with van der Waals surface area (Å²) in [6, 6.07) is 7.88. The van der Waals surface area contributed by atoms with Crippen LogP contribution in [0.4, 0.5) is 0 Å². The molecule has 0 saturated carbocycles. The first-order valence-corrected chi connectivity index (χ1v) is 6.12. The van der Waals surface area contributed by atoms with Crippen molar-refractivity contribution < 1.29 is 9.90 Å². The molecule has 0 fully saturated rings. The maximum atomic E-state index is 10.9. The van der Waals surface area contributed by atoms with Gasteiger partial charge >= 0.3 is 5.97 Å². The minimum absolute atomic E-state index is 0.0788. The Kier molecular flexibility index (Phi) is 2.64. The summed E-state index contributed by atoms with van der Waals surface area (Å²) in [7, 11) is 3.85. The molecule has 0 bridgehead atoms. The number of rotatable bonds is 2. The first-order valence-electron chi connectivity index (χ1n) is 6.12. The number of benzene rings is 1. The van der Waals surface area contributed by atoms with Crippen molar-refractivity contribution in [2.45, 2.75) is 13.1 Å². The van der Waals surface area contributed by atoms with E-state index in [0.717, 1.165) is 24.3 Å². The van der Waals surface area contributed by atoms with Crippen LogP contribution in [0.2, 0.25) is 0 Å². The van der Waals surface area contributed by atoms with Crippen LogP contribution in [-0.4, -0.2) is 32.8 Å². The molecule has 0 amide bonds. The van der Waals surface area contributed by atoms with E-state index in [4.69, 9.17) is 5.11 Å². The van der Waals surface area contributed by atoms with Gasteiger partial charge in [-0.15, -0.1) is 0 Å². The van der Waals surface area contributed by atoms with E-state index in [-0.39, 0.29) is 5.69 Å². The molecule has 0 spiro atoms. The Balaban J connectivity index is 2.04. The summed E-state index contributed by atoms with van der Waals surface area (Å²) in [6.07, 6.45) is 0. The fourth-order valence-corrected chi connectivity index (χ4v) is 2.57. The molecule has 2 heterocycles. The molecule has 0 aliphatic carbocycles. The number of carbonyl (C=O) groups is 1. The largest absolute Gasteiger partial charge is 0.476 e. The van der Waals surface area contributed by atoms with Crippen LogP contribution in [0.5, 0.6) is 0 Å². The second-order valence-corrected chi connectivity index (χ2v) is 5.00. The predicted octanol–water partition coefficient (Wildman–Crippen LogP) is 1.73. The van der Waals surface area contributed by atoms with E-state index >= 15 is 0 Å². The van der Waals surface area contributed by atoms with E-state index in [9.17, 15) is 4.79 Å². The maximum Gasteiger partial charge on any atom is 0.356 e. The van der Waals surface area contributed by atoms with E-state index in [1.54, 1.807) is 17.8 Å². The van der Waals surface area contributed by atoms with E-state index in [0.29, 0.717) is 0 Å². The van der Waals surface area contributed by atoms with Crippen LogP contribution in [0.25, 0.3) is 11.3 Å². The van der Waals surface area contributed by atoms with Gasteiger partial charge < -0.3 is 5.11 Å². The van der Waals surface area contributed by atoms with Gasteiger partial charge in [-0.3, -0.25) is 9.58 Å². The lowest BCUT2D eigenvalue weighted by atomic mass is 10.0. The van der Waals surface area contributed by atoms with Crippen molar-refractivity contribution in [1.82, 2.24) is 14.7 Å². The highest BCUT2D eigenvalue weighted by atomic mass is 16.4. The van der Waals surface area contributed by atoms with Crippen molar-refractivity contribution in [2.75, 3.05) is 7.05 Å². The summed E-state index contributed by atoms with van der Waals surface area (Å²) >= 11 is 0. The van der Waals surface area contributed by atoms with Crippen LogP contribution in [-0.2, 0) is 20.1 Å².